The van der Waals surface area contributed by atoms with Crippen molar-refractivity contribution in [3.63, 3.8) is 0 Å². The van der Waals surface area contributed by atoms with E-state index < -0.39 is 0 Å². The lowest BCUT2D eigenvalue weighted by Crippen LogP contribution is -2.30. The number of nitrogens with zero attached hydrogens (tertiary/aromatic N) is 1. The second-order valence-electron chi connectivity index (χ2n) is 3.54. The number of amides is 1. The summed E-state index contributed by atoms with van der Waals surface area (Å²) in [6, 6.07) is 0. The first kappa shape index (κ1) is 12.9. The van der Waals surface area contributed by atoms with Crippen molar-refractivity contribution in [1.82, 2.24) is 4.90 Å². The Morgan fingerprint density at radius 3 is 2.81 bits per heavy atom. The molecule has 90 valence electrons. The number of carbonyl (C=O) groups is 2. The normalized spacial score (nSPS) is 15.5. The molecule has 2 N–H and O–H groups in total. The van der Waals surface area contributed by atoms with Gasteiger partial charge in [0.2, 0.25) is 5.91 Å². The Bertz CT molecular complexity index is 328. The van der Waals surface area contributed by atoms with E-state index >= 15 is 0 Å². The molecule has 1 rings (SSSR count). The summed E-state index contributed by atoms with van der Waals surface area (Å²) in [5.74, 6) is 0.140. The highest BCUT2D eigenvalue weighted by molar-refractivity contribution is 8.03. The molecule has 0 bridgehead atoms. The maximum atomic E-state index is 10.8. The molecule has 1 amide bonds. The molecule has 0 aromatic heterocycles. The SMILES string of the molecule is CC(=O)OCCC1=C(C)N(CC(N)=O)CS1. The van der Waals surface area contributed by atoms with Crippen molar-refractivity contribution in [2.45, 2.75) is 20.3 Å². The van der Waals surface area contributed by atoms with Crippen molar-refractivity contribution in [3.8, 4) is 0 Å². The molecule has 5 nitrogen and oxygen atoms in total. The van der Waals surface area contributed by atoms with E-state index in [1.165, 1.54) is 6.92 Å². The number of thioether (sulfide) groups is 1. The smallest absolute Gasteiger partial charge is 0.302 e. The van der Waals surface area contributed by atoms with Crippen molar-refractivity contribution < 1.29 is 14.3 Å². The highest BCUT2D eigenvalue weighted by atomic mass is 32.2. The third-order valence-corrected chi connectivity index (χ3v) is 3.54. The van der Waals surface area contributed by atoms with Gasteiger partial charge in [-0.25, -0.2) is 0 Å². The number of hydrogen-bond donors (Lipinski definition) is 1. The molecule has 0 fully saturated rings. The van der Waals surface area contributed by atoms with Gasteiger partial charge in [0.05, 0.1) is 19.0 Å². The van der Waals surface area contributed by atoms with E-state index in [0.29, 0.717) is 13.0 Å². The number of nitrogens with two attached hydrogens (primary N) is 1. The number of rotatable bonds is 5. The van der Waals surface area contributed by atoms with Crippen LogP contribution >= 0.6 is 11.8 Å². The van der Waals surface area contributed by atoms with E-state index in [1.807, 2.05) is 11.8 Å². The van der Waals surface area contributed by atoms with Crippen LogP contribution in [0.4, 0.5) is 0 Å². The summed E-state index contributed by atoms with van der Waals surface area (Å²) in [4.78, 5) is 24.5. The second kappa shape index (κ2) is 5.79. The lowest BCUT2D eigenvalue weighted by molar-refractivity contribution is -0.140. The van der Waals surface area contributed by atoms with Crippen LogP contribution in [0.25, 0.3) is 0 Å². The van der Waals surface area contributed by atoms with Gasteiger partial charge in [-0.15, -0.1) is 11.8 Å². The average molecular weight is 244 g/mol. The minimum atomic E-state index is -0.332. The molecular formula is C10H16N2O3S. The molecular weight excluding hydrogens is 228 g/mol. The van der Waals surface area contributed by atoms with E-state index in [-0.39, 0.29) is 18.4 Å². The van der Waals surface area contributed by atoms with Crippen molar-refractivity contribution in [2.24, 2.45) is 5.73 Å². The predicted molar refractivity (Wildman–Crippen MR) is 62.3 cm³/mol. The van der Waals surface area contributed by atoms with Gasteiger partial charge in [0, 0.05) is 23.9 Å². The predicted octanol–water partition coefficient (Wildman–Crippen LogP) is 0.663. The van der Waals surface area contributed by atoms with Gasteiger partial charge in [0.15, 0.2) is 0 Å². The molecule has 6 heteroatoms. The van der Waals surface area contributed by atoms with Crippen LogP contribution in [0.1, 0.15) is 20.3 Å². The first-order chi connectivity index (χ1) is 7.50. The lowest BCUT2D eigenvalue weighted by atomic mass is 10.3. The van der Waals surface area contributed by atoms with Gasteiger partial charge in [-0.2, -0.15) is 0 Å². The summed E-state index contributed by atoms with van der Waals surface area (Å²) in [6.45, 7) is 3.98. The summed E-state index contributed by atoms with van der Waals surface area (Å²) in [7, 11) is 0. The largest absolute Gasteiger partial charge is 0.466 e. The zero-order chi connectivity index (χ0) is 12.1. The van der Waals surface area contributed by atoms with Gasteiger partial charge in [-0.05, 0) is 6.92 Å². The summed E-state index contributed by atoms with van der Waals surface area (Å²) < 4.78 is 4.87. The Morgan fingerprint density at radius 1 is 1.56 bits per heavy atom. The molecule has 0 unspecified atom stereocenters. The molecule has 0 spiro atoms. The van der Waals surface area contributed by atoms with Crippen molar-refractivity contribution in [2.75, 3.05) is 19.0 Å². The number of esters is 1. The molecule has 0 aliphatic carbocycles. The van der Waals surface area contributed by atoms with Crippen LogP contribution in [-0.2, 0) is 14.3 Å². The van der Waals surface area contributed by atoms with Crippen LogP contribution in [0.3, 0.4) is 0 Å². The fraction of sp³-hybridized carbons (Fsp3) is 0.600. The van der Waals surface area contributed by atoms with Gasteiger partial charge < -0.3 is 15.4 Å². The van der Waals surface area contributed by atoms with E-state index in [2.05, 4.69) is 0 Å². The van der Waals surface area contributed by atoms with E-state index in [0.717, 1.165) is 16.5 Å². The van der Waals surface area contributed by atoms with Crippen LogP contribution in [-0.4, -0.2) is 35.8 Å². The Kier molecular flexibility index (Phi) is 4.67. The summed E-state index contributed by atoms with van der Waals surface area (Å²) in [5, 5.41) is 0. The molecule has 1 aliphatic heterocycles. The van der Waals surface area contributed by atoms with E-state index in [9.17, 15) is 9.59 Å². The van der Waals surface area contributed by atoms with Crippen molar-refractivity contribution >= 4 is 23.6 Å². The summed E-state index contributed by atoms with van der Waals surface area (Å²) in [6.07, 6.45) is 0.700. The highest BCUT2D eigenvalue weighted by Crippen LogP contribution is 2.33. The molecule has 0 saturated heterocycles. The van der Waals surface area contributed by atoms with Gasteiger partial charge in [-0.1, -0.05) is 0 Å². The Labute approximate surface area is 99.0 Å². The lowest BCUT2D eigenvalue weighted by Gasteiger charge is -2.16. The topological polar surface area (TPSA) is 72.6 Å². The molecule has 0 aromatic rings. The van der Waals surface area contributed by atoms with Crippen LogP contribution in [0.2, 0.25) is 0 Å². The maximum absolute atomic E-state index is 10.8. The fourth-order valence-corrected chi connectivity index (χ4v) is 2.59. The molecule has 0 atom stereocenters. The first-order valence-corrected chi connectivity index (χ1v) is 5.98. The van der Waals surface area contributed by atoms with E-state index in [4.69, 9.17) is 10.5 Å². The molecule has 0 radical (unpaired) electrons. The molecule has 0 saturated carbocycles. The number of allylic oxidation sites excluding steroid dienone is 1. The van der Waals surface area contributed by atoms with Gasteiger partial charge in [-0.3, -0.25) is 9.59 Å². The minimum absolute atomic E-state index is 0.246. The monoisotopic (exact) mass is 244 g/mol. The van der Waals surface area contributed by atoms with Gasteiger partial charge in [0.1, 0.15) is 0 Å². The van der Waals surface area contributed by atoms with Gasteiger partial charge in [0.25, 0.3) is 0 Å². The molecule has 1 heterocycles. The summed E-state index contributed by atoms with van der Waals surface area (Å²) in [5.41, 5.74) is 6.19. The molecule has 16 heavy (non-hydrogen) atoms. The van der Waals surface area contributed by atoms with Crippen LogP contribution in [0.15, 0.2) is 10.6 Å². The maximum Gasteiger partial charge on any atom is 0.302 e. The second-order valence-corrected chi connectivity index (χ2v) is 4.58. The highest BCUT2D eigenvalue weighted by Gasteiger charge is 2.20. The number of hydrogen-bond acceptors (Lipinski definition) is 5. The summed E-state index contributed by atoms with van der Waals surface area (Å²) >= 11 is 1.66. The number of carbonyl (C=O) groups excluding carboxylic acids is 2. The zero-order valence-electron chi connectivity index (χ0n) is 9.49. The van der Waals surface area contributed by atoms with Crippen molar-refractivity contribution in [3.05, 3.63) is 10.6 Å². The Balaban J connectivity index is 2.44. The zero-order valence-corrected chi connectivity index (χ0v) is 10.3. The quantitative estimate of drug-likeness (QED) is 0.719. The van der Waals surface area contributed by atoms with E-state index in [1.54, 1.807) is 11.8 Å². The number of ether oxygens (including phenoxy) is 1. The van der Waals surface area contributed by atoms with Crippen LogP contribution in [0.5, 0.6) is 0 Å². The number of primary amides is 1. The van der Waals surface area contributed by atoms with Crippen molar-refractivity contribution in [1.29, 1.82) is 0 Å². The average Bonchev–Trinajstić information content (AvgIpc) is 2.48. The third-order valence-electron chi connectivity index (χ3n) is 2.25. The first-order valence-electron chi connectivity index (χ1n) is 5.00. The van der Waals surface area contributed by atoms with Gasteiger partial charge >= 0.3 is 5.97 Å². The Hall–Kier alpha value is -1.17. The molecule has 0 aromatic carbocycles. The van der Waals surface area contributed by atoms with Crippen LogP contribution < -0.4 is 5.73 Å². The fourth-order valence-electron chi connectivity index (χ4n) is 1.43. The molecule has 1 aliphatic rings. The minimum Gasteiger partial charge on any atom is -0.466 e. The third kappa shape index (κ3) is 3.77. The van der Waals surface area contributed by atoms with Crippen LogP contribution in [0, 0.1) is 0 Å². The standard InChI is InChI=1S/C10H16N2O3S/c1-7-9(3-4-15-8(2)13)16-6-12(7)5-10(11)14/h3-6H2,1-2H3,(H2,11,14). The Morgan fingerprint density at radius 2 is 2.25 bits per heavy atom.